The maximum absolute atomic E-state index is 12.1. The second kappa shape index (κ2) is 6.05. The standard InChI is InChI=1S/C18H16ClNO3/c1-11-3-4-12(2)16(9-11)23-8-7-20-15-6-5-13(19)10-14(15)17(21)18(20)22/h3-6,9-10H,7-8H2,1-2H3. The number of nitrogens with zero attached hydrogens (tertiary/aromatic N) is 1. The highest BCUT2D eigenvalue weighted by molar-refractivity contribution is 6.52. The number of Topliss-reactive ketones (excluding diaryl/α,β-unsaturated/α-hetero) is 1. The van der Waals surface area contributed by atoms with Crippen LogP contribution in [0.4, 0.5) is 5.69 Å². The molecular formula is C18H16ClNO3. The highest BCUT2D eigenvalue weighted by Gasteiger charge is 2.35. The Morgan fingerprint density at radius 1 is 1.09 bits per heavy atom. The van der Waals surface area contributed by atoms with Gasteiger partial charge >= 0.3 is 0 Å². The number of carbonyl (C=O) groups excluding carboxylic acids is 2. The number of benzene rings is 2. The summed E-state index contributed by atoms with van der Waals surface area (Å²) < 4.78 is 5.77. The molecule has 0 N–H and O–H groups in total. The Balaban J connectivity index is 1.73. The Morgan fingerprint density at radius 3 is 2.65 bits per heavy atom. The van der Waals surface area contributed by atoms with Crippen molar-refractivity contribution in [2.75, 3.05) is 18.1 Å². The van der Waals surface area contributed by atoms with Crippen LogP contribution in [0.2, 0.25) is 5.02 Å². The molecule has 2 aromatic rings. The molecule has 118 valence electrons. The molecule has 1 amide bonds. The van der Waals surface area contributed by atoms with Gasteiger partial charge in [0.05, 0.1) is 17.8 Å². The van der Waals surface area contributed by atoms with Crippen LogP contribution in [0.5, 0.6) is 5.75 Å². The van der Waals surface area contributed by atoms with E-state index in [9.17, 15) is 9.59 Å². The molecule has 0 bridgehead atoms. The molecule has 5 heteroatoms. The first-order chi connectivity index (χ1) is 11.0. The minimum atomic E-state index is -0.535. The number of fused-ring (bicyclic) bond motifs is 1. The normalized spacial score (nSPS) is 13.4. The number of hydrogen-bond donors (Lipinski definition) is 0. The largest absolute Gasteiger partial charge is 0.491 e. The van der Waals surface area contributed by atoms with E-state index < -0.39 is 11.7 Å². The Bertz CT molecular complexity index is 801. The molecule has 23 heavy (non-hydrogen) atoms. The molecule has 0 fully saturated rings. The number of ketones is 1. The van der Waals surface area contributed by atoms with Gasteiger partial charge in [0.2, 0.25) is 0 Å². The van der Waals surface area contributed by atoms with Gasteiger partial charge in [0.25, 0.3) is 11.7 Å². The van der Waals surface area contributed by atoms with Crippen molar-refractivity contribution in [1.29, 1.82) is 0 Å². The van der Waals surface area contributed by atoms with E-state index in [1.807, 2.05) is 32.0 Å². The van der Waals surface area contributed by atoms with Crippen LogP contribution in [0.15, 0.2) is 36.4 Å². The van der Waals surface area contributed by atoms with Crippen molar-refractivity contribution in [2.24, 2.45) is 0 Å². The van der Waals surface area contributed by atoms with Gasteiger partial charge in [-0.1, -0.05) is 23.7 Å². The summed E-state index contributed by atoms with van der Waals surface area (Å²) in [5.74, 6) is -0.264. The molecule has 0 atom stereocenters. The van der Waals surface area contributed by atoms with E-state index in [0.717, 1.165) is 16.9 Å². The highest BCUT2D eigenvalue weighted by Crippen LogP contribution is 2.31. The highest BCUT2D eigenvalue weighted by atomic mass is 35.5. The van der Waals surface area contributed by atoms with Gasteiger partial charge < -0.3 is 9.64 Å². The van der Waals surface area contributed by atoms with Gasteiger partial charge in [0, 0.05) is 5.02 Å². The van der Waals surface area contributed by atoms with Crippen LogP contribution in [0.3, 0.4) is 0 Å². The van der Waals surface area contributed by atoms with Crippen LogP contribution < -0.4 is 9.64 Å². The fourth-order valence-corrected chi connectivity index (χ4v) is 2.78. The van der Waals surface area contributed by atoms with Crippen LogP contribution in [0.1, 0.15) is 21.5 Å². The van der Waals surface area contributed by atoms with E-state index in [2.05, 4.69) is 0 Å². The van der Waals surface area contributed by atoms with Crippen molar-refractivity contribution in [3.05, 3.63) is 58.1 Å². The Hall–Kier alpha value is -2.33. The summed E-state index contributed by atoms with van der Waals surface area (Å²) in [6, 6.07) is 10.9. The summed E-state index contributed by atoms with van der Waals surface area (Å²) in [4.78, 5) is 25.6. The van der Waals surface area contributed by atoms with Crippen molar-refractivity contribution >= 4 is 29.0 Å². The molecule has 0 unspecified atom stereocenters. The van der Waals surface area contributed by atoms with Crippen LogP contribution in [0.25, 0.3) is 0 Å². The zero-order valence-corrected chi connectivity index (χ0v) is 13.7. The smallest absolute Gasteiger partial charge is 0.299 e. The molecule has 0 spiro atoms. The van der Waals surface area contributed by atoms with Crippen molar-refractivity contribution in [1.82, 2.24) is 0 Å². The summed E-state index contributed by atoms with van der Waals surface area (Å²) >= 11 is 5.89. The number of amides is 1. The summed E-state index contributed by atoms with van der Waals surface area (Å²) in [5, 5.41) is 0.443. The molecule has 2 aromatic carbocycles. The first kappa shape index (κ1) is 15.6. The molecular weight excluding hydrogens is 314 g/mol. The lowest BCUT2D eigenvalue weighted by Gasteiger charge is -2.17. The van der Waals surface area contributed by atoms with Crippen molar-refractivity contribution < 1.29 is 14.3 Å². The molecule has 4 nitrogen and oxygen atoms in total. The Morgan fingerprint density at radius 2 is 1.87 bits per heavy atom. The number of anilines is 1. The average Bonchev–Trinajstić information content (AvgIpc) is 2.75. The monoisotopic (exact) mass is 329 g/mol. The molecule has 0 saturated heterocycles. The third kappa shape index (κ3) is 2.94. The van der Waals surface area contributed by atoms with Gasteiger partial charge in [-0.3, -0.25) is 9.59 Å². The summed E-state index contributed by atoms with van der Waals surface area (Å²) in [6.45, 7) is 4.59. The maximum Gasteiger partial charge on any atom is 0.299 e. The summed E-state index contributed by atoms with van der Waals surface area (Å²) in [5.41, 5.74) is 3.09. The average molecular weight is 330 g/mol. The Kier molecular flexibility index (Phi) is 4.09. The number of carbonyl (C=O) groups is 2. The first-order valence-electron chi connectivity index (χ1n) is 7.33. The zero-order chi connectivity index (χ0) is 16.6. The van der Waals surface area contributed by atoms with Gasteiger partial charge in [0.15, 0.2) is 0 Å². The van der Waals surface area contributed by atoms with E-state index in [1.54, 1.807) is 12.1 Å². The lowest BCUT2D eigenvalue weighted by atomic mass is 10.1. The van der Waals surface area contributed by atoms with Crippen LogP contribution in [-0.2, 0) is 4.79 Å². The van der Waals surface area contributed by atoms with Crippen molar-refractivity contribution in [3.8, 4) is 5.75 Å². The van der Waals surface area contributed by atoms with E-state index in [4.69, 9.17) is 16.3 Å². The minimum absolute atomic E-state index is 0.311. The lowest BCUT2D eigenvalue weighted by Crippen LogP contribution is -2.33. The van der Waals surface area contributed by atoms with E-state index in [1.165, 1.54) is 11.0 Å². The van der Waals surface area contributed by atoms with Gasteiger partial charge in [-0.2, -0.15) is 0 Å². The summed E-state index contributed by atoms with van der Waals surface area (Å²) in [7, 11) is 0. The third-order valence-corrected chi connectivity index (χ3v) is 4.08. The van der Waals surface area contributed by atoms with Crippen LogP contribution in [-0.4, -0.2) is 24.8 Å². The minimum Gasteiger partial charge on any atom is -0.491 e. The lowest BCUT2D eigenvalue weighted by molar-refractivity contribution is -0.114. The second-order valence-electron chi connectivity index (χ2n) is 5.56. The van der Waals surface area contributed by atoms with Gasteiger partial charge in [-0.25, -0.2) is 0 Å². The fourth-order valence-electron chi connectivity index (χ4n) is 2.60. The quantitative estimate of drug-likeness (QED) is 0.806. The molecule has 0 radical (unpaired) electrons. The van der Waals surface area contributed by atoms with Crippen LogP contribution in [0, 0.1) is 13.8 Å². The molecule has 3 rings (SSSR count). The van der Waals surface area contributed by atoms with Gasteiger partial charge in [0.1, 0.15) is 12.4 Å². The Labute approximate surface area is 139 Å². The number of aryl methyl sites for hydroxylation is 2. The first-order valence-corrected chi connectivity index (χ1v) is 7.71. The summed E-state index contributed by atoms with van der Waals surface area (Å²) in [6.07, 6.45) is 0. The van der Waals surface area contributed by atoms with Gasteiger partial charge in [-0.05, 0) is 49.2 Å². The van der Waals surface area contributed by atoms with Gasteiger partial charge in [-0.15, -0.1) is 0 Å². The van der Waals surface area contributed by atoms with Crippen LogP contribution >= 0.6 is 11.6 Å². The molecule has 1 aliphatic heterocycles. The topological polar surface area (TPSA) is 46.6 Å². The van der Waals surface area contributed by atoms with Crippen molar-refractivity contribution in [2.45, 2.75) is 13.8 Å². The SMILES string of the molecule is Cc1ccc(C)c(OCCN2C(=O)C(=O)c3cc(Cl)ccc32)c1. The maximum atomic E-state index is 12.1. The predicted octanol–water partition coefficient (Wildman–Crippen LogP) is 3.57. The zero-order valence-electron chi connectivity index (χ0n) is 12.9. The third-order valence-electron chi connectivity index (χ3n) is 3.85. The fraction of sp³-hybridized carbons (Fsp3) is 0.222. The molecule has 1 aliphatic rings. The number of hydrogen-bond acceptors (Lipinski definition) is 3. The number of halogens is 1. The molecule has 0 saturated carbocycles. The number of rotatable bonds is 4. The predicted molar refractivity (Wildman–Crippen MR) is 89.5 cm³/mol. The molecule has 0 aromatic heterocycles. The molecule has 0 aliphatic carbocycles. The van der Waals surface area contributed by atoms with E-state index in [0.29, 0.717) is 29.4 Å². The van der Waals surface area contributed by atoms with E-state index in [-0.39, 0.29) is 0 Å². The van der Waals surface area contributed by atoms with Crippen molar-refractivity contribution in [3.63, 3.8) is 0 Å². The second-order valence-corrected chi connectivity index (χ2v) is 6.00. The number of ether oxygens (including phenoxy) is 1. The van der Waals surface area contributed by atoms with E-state index >= 15 is 0 Å². The molecule has 1 heterocycles.